The summed E-state index contributed by atoms with van der Waals surface area (Å²) in [7, 11) is 1.53. The van der Waals surface area contributed by atoms with Crippen LogP contribution in [0.4, 0.5) is 11.4 Å². The summed E-state index contributed by atoms with van der Waals surface area (Å²) in [6, 6.07) is 7.50. The molecule has 10 nitrogen and oxygen atoms in total. The second-order valence-corrected chi connectivity index (χ2v) is 11.6. The summed E-state index contributed by atoms with van der Waals surface area (Å²) in [5.41, 5.74) is 11.2. The van der Waals surface area contributed by atoms with Crippen molar-refractivity contribution in [1.29, 1.82) is 0 Å². The van der Waals surface area contributed by atoms with Crippen LogP contribution in [-0.2, 0) is 4.84 Å². The van der Waals surface area contributed by atoms with Crippen molar-refractivity contribution in [1.82, 2.24) is 15.3 Å². The minimum Gasteiger partial charge on any atom is -0.495 e. The molecule has 0 bridgehead atoms. The highest BCUT2D eigenvalue weighted by molar-refractivity contribution is 6.33. The zero-order valence-corrected chi connectivity index (χ0v) is 27.8. The molecule has 3 aliphatic rings. The minimum atomic E-state index is -0.373. The van der Waals surface area contributed by atoms with Crippen LogP contribution in [0.2, 0.25) is 5.02 Å². The van der Waals surface area contributed by atoms with Crippen molar-refractivity contribution in [2.45, 2.75) is 78.7 Å². The number of ether oxygens (including phenoxy) is 1. The first-order valence-corrected chi connectivity index (χ1v) is 16.2. The number of anilines is 2. The molecule has 6 rings (SSSR count). The number of hydrogen-bond donors (Lipinski definition) is 3. The average Bonchev–Trinajstić information content (AvgIpc) is 3.88. The Morgan fingerprint density at radius 1 is 1.27 bits per heavy atom. The Kier molecular flexibility index (Phi) is 11.6. The van der Waals surface area contributed by atoms with E-state index in [1.807, 2.05) is 26.8 Å². The van der Waals surface area contributed by atoms with Crippen LogP contribution in [-0.4, -0.2) is 48.5 Å². The van der Waals surface area contributed by atoms with Crippen LogP contribution >= 0.6 is 11.6 Å². The maximum atomic E-state index is 13.4. The van der Waals surface area contributed by atoms with Crippen molar-refractivity contribution in [3.63, 3.8) is 0 Å². The molecule has 3 fully saturated rings. The second kappa shape index (κ2) is 15.4. The van der Waals surface area contributed by atoms with Crippen molar-refractivity contribution < 1.29 is 14.4 Å². The van der Waals surface area contributed by atoms with Crippen molar-refractivity contribution in [2.24, 2.45) is 10.9 Å². The lowest BCUT2D eigenvalue weighted by molar-refractivity contribution is 0.0949. The standard InChI is InChI=1S/C29H31ClN6O4.C3H8.C2H6/c1-15-23(36-14-40-36)11-22(35-27(15)20-7-8-32-29(38)25(20)30)21(16-3-4-16)13-34-28(37)17-9-18(12-33-19-5-6-19)26(31)24(10-17)39-2;1-3-2;1-2/h7-12,16,19,21H,3-6,13-14,31H2,1-2H3,(H,32,38)(H,34,37);3H2,1-2H3;1-2H3. The maximum Gasteiger partial charge on any atom is 0.267 e. The van der Waals surface area contributed by atoms with Crippen LogP contribution in [0.1, 0.15) is 92.9 Å². The molecule has 11 heteroatoms. The molecule has 4 N–H and O–H groups in total. The molecule has 3 aromatic rings. The number of H-pyrrole nitrogens is 1. The number of carbonyl (C=O) groups excluding carboxylic acids is 1. The number of nitrogens with one attached hydrogen (secondary N) is 2. The van der Waals surface area contributed by atoms with Gasteiger partial charge in [-0.3, -0.25) is 19.6 Å². The predicted molar refractivity (Wildman–Crippen MR) is 182 cm³/mol. The van der Waals surface area contributed by atoms with Gasteiger partial charge in [0.05, 0.1) is 30.2 Å². The number of nitrogen functional groups attached to an aromatic ring is 1. The number of aliphatic imine (C=N–C) groups is 1. The maximum absolute atomic E-state index is 13.4. The first-order chi connectivity index (χ1) is 21.7. The van der Waals surface area contributed by atoms with Gasteiger partial charge in [-0.1, -0.05) is 45.7 Å². The predicted octanol–water partition coefficient (Wildman–Crippen LogP) is 6.65. The Hall–Kier alpha value is -3.89. The van der Waals surface area contributed by atoms with Crippen LogP contribution in [0.25, 0.3) is 11.3 Å². The lowest BCUT2D eigenvalue weighted by atomic mass is 9.95. The van der Waals surface area contributed by atoms with E-state index in [1.165, 1.54) is 13.5 Å². The largest absolute Gasteiger partial charge is 0.495 e. The van der Waals surface area contributed by atoms with Crippen molar-refractivity contribution in [3.8, 4) is 17.0 Å². The number of nitrogens with zero attached hydrogens (tertiary/aromatic N) is 3. The summed E-state index contributed by atoms with van der Waals surface area (Å²) >= 11 is 6.40. The normalized spacial score (nSPS) is 15.8. The molecule has 2 saturated carbocycles. The summed E-state index contributed by atoms with van der Waals surface area (Å²) in [6.07, 6.45) is 8.78. The zero-order chi connectivity index (χ0) is 32.7. The molecule has 0 radical (unpaired) electrons. The molecular formula is C34H45ClN6O4. The quantitative estimate of drug-likeness (QED) is 0.129. The molecule has 3 heterocycles. The van der Waals surface area contributed by atoms with Gasteiger partial charge in [-0.2, -0.15) is 0 Å². The van der Waals surface area contributed by atoms with Gasteiger partial charge in [-0.25, -0.2) is 9.90 Å². The number of halogens is 1. The molecule has 1 saturated heterocycles. The van der Waals surface area contributed by atoms with Gasteiger partial charge in [0.15, 0.2) is 6.73 Å². The summed E-state index contributed by atoms with van der Waals surface area (Å²) in [5, 5.41) is 4.97. The molecule has 2 aromatic heterocycles. The third-order valence-electron chi connectivity index (χ3n) is 7.63. The molecule has 2 aliphatic carbocycles. The van der Waals surface area contributed by atoms with Gasteiger partial charge in [-0.05, 0) is 62.8 Å². The fourth-order valence-electron chi connectivity index (χ4n) is 4.92. The monoisotopic (exact) mass is 636 g/mol. The van der Waals surface area contributed by atoms with E-state index in [4.69, 9.17) is 31.9 Å². The van der Waals surface area contributed by atoms with Gasteiger partial charge >= 0.3 is 0 Å². The van der Waals surface area contributed by atoms with E-state index in [2.05, 4.69) is 29.1 Å². The molecule has 1 unspecified atom stereocenters. The minimum absolute atomic E-state index is 0.0330. The highest BCUT2D eigenvalue weighted by Crippen LogP contribution is 2.44. The summed E-state index contributed by atoms with van der Waals surface area (Å²) < 4.78 is 5.44. The first kappa shape index (κ1) is 34.0. The summed E-state index contributed by atoms with van der Waals surface area (Å²) in [4.78, 5) is 43.2. The molecule has 1 aromatic carbocycles. The van der Waals surface area contributed by atoms with E-state index in [-0.39, 0.29) is 22.4 Å². The number of hydrogen-bond acceptors (Lipinski definition) is 8. The number of nitrogens with two attached hydrogens (primary N) is 1. The van der Waals surface area contributed by atoms with Gasteiger partial charge < -0.3 is 20.8 Å². The molecule has 0 spiro atoms. The van der Waals surface area contributed by atoms with Gasteiger partial charge in [0, 0.05) is 52.8 Å². The van der Waals surface area contributed by atoms with Crippen LogP contribution in [0.3, 0.4) is 0 Å². The number of amides is 1. The smallest absolute Gasteiger partial charge is 0.267 e. The number of hydroxylamine groups is 1. The van der Waals surface area contributed by atoms with E-state index in [1.54, 1.807) is 35.7 Å². The molecule has 1 amide bonds. The third-order valence-corrected chi connectivity index (χ3v) is 8.00. The van der Waals surface area contributed by atoms with Gasteiger partial charge in [-0.15, -0.1) is 0 Å². The van der Waals surface area contributed by atoms with Crippen LogP contribution < -0.4 is 26.4 Å². The van der Waals surface area contributed by atoms with E-state index in [0.717, 1.165) is 42.6 Å². The second-order valence-electron chi connectivity index (χ2n) is 11.3. The summed E-state index contributed by atoms with van der Waals surface area (Å²) in [6.45, 7) is 11.1. The Morgan fingerprint density at radius 2 is 1.96 bits per heavy atom. The van der Waals surface area contributed by atoms with E-state index < -0.39 is 0 Å². The number of benzene rings is 1. The van der Waals surface area contributed by atoms with Crippen molar-refractivity contribution >= 4 is 35.1 Å². The van der Waals surface area contributed by atoms with Crippen molar-refractivity contribution in [3.05, 3.63) is 68.2 Å². The van der Waals surface area contributed by atoms with Crippen LogP contribution in [0, 0.1) is 12.8 Å². The number of methoxy groups -OCH3 is 1. The average molecular weight is 637 g/mol. The van der Waals surface area contributed by atoms with E-state index >= 15 is 0 Å². The molecule has 242 valence electrons. The van der Waals surface area contributed by atoms with E-state index in [0.29, 0.717) is 59.1 Å². The molecule has 1 aliphatic heterocycles. The number of pyridine rings is 2. The first-order valence-electron chi connectivity index (χ1n) is 15.8. The Labute approximate surface area is 270 Å². The SMILES string of the molecule is CC.CCC.COc1cc(C(=O)NCC(c2cc(N3CO3)c(C)c(-c3cc[nH]c(=O)c3Cl)n2)C2CC2)cc(C=NC2CC2)c1N. The third kappa shape index (κ3) is 8.43. The van der Waals surface area contributed by atoms with Gasteiger partial charge in [0.2, 0.25) is 0 Å². The number of carbonyl (C=O) groups is 1. The Bertz CT molecular complexity index is 1580. The van der Waals surface area contributed by atoms with E-state index in [9.17, 15) is 9.59 Å². The van der Waals surface area contributed by atoms with Gasteiger partial charge in [0.25, 0.3) is 11.5 Å². The number of rotatable bonds is 10. The fraction of sp³-hybridized carbons (Fsp3) is 0.471. The Balaban J connectivity index is 0.000000871. The number of aromatic amines is 1. The highest BCUT2D eigenvalue weighted by atomic mass is 35.5. The zero-order valence-electron chi connectivity index (χ0n) is 27.1. The fourth-order valence-corrected chi connectivity index (χ4v) is 5.12. The van der Waals surface area contributed by atoms with Gasteiger partial charge in [0.1, 0.15) is 10.8 Å². The lowest BCUT2D eigenvalue weighted by Gasteiger charge is -2.21. The molecule has 45 heavy (non-hydrogen) atoms. The number of aromatic nitrogens is 2. The summed E-state index contributed by atoms with van der Waals surface area (Å²) in [5.74, 6) is 0.549. The molecular weight excluding hydrogens is 592 g/mol. The Morgan fingerprint density at radius 3 is 2.56 bits per heavy atom. The van der Waals surface area contributed by atoms with Crippen LogP contribution in [0.15, 0.2) is 40.2 Å². The molecule has 1 atom stereocenters. The lowest BCUT2D eigenvalue weighted by Crippen LogP contribution is -2.30. The van der Waals surface area contributed by atoms with Crippen LogP contribution in [0.5, 0.6) is 5.75 Å². The highest BCUT2D eigenvalue weighted by Gasteiger charge is 2.36. The van der Waals surface area contributed by atoms with Crippen molar-refractivity contribution in [2.75, 3.05) is 31.2 Å². The topological polar surface area (TPSA) is 138 Å².